The summed E-state index contributed by atoms with van der Waals surface area (Å²) < 4.78 is 1.86. The number of benzene rings is 1. The molecule has 2 heterocycles. The van der Waals surface area contributed by atoms with Crippen LogP contribution in [0.5, 0.6) is 0 Å². The molecule has 146 valence electrons. The predicted molar refractivity (Wildman–Crippen MR) is 110 cm³/mol. The monoisotopic (exact) mass is 377 g/mol. The Kier molecular flexibility index (Phi) is 5.87. The molecule has 0 fully saturated rings. The maximum atomic E-state index is 12.8. The van der Waals surface area contributed by atoms with Crippen molar-refractivity contribution in [1.82, 2.24) is 24.6 Å². The maximum Gasteiger partial charge on any atom is 0.253 e. The van der Waals surface area contributed by atoms with E-state index in [9.17, 15) is 4.79 Å². The second-order valence-electron chi connectivity index (χ2n) is 6.98. The highest BCUT2D eigenvalue weighted by Crippen LogP contribution is 2.25. The smallest absolute Gasteiger partial charge is 0.253 e. The Labute approximate surface area is 166 Å². The molecule has 0 saturated heterocycles. The average molecular weight is 377 g/mol. The van der Waals surface area contributed by atoms with Crippen LogP contribution in [0.4, 0.5) is 0 Å². The van der Waals surface area contributed by atoms with Gasteiger partial charge in [0.25, 0.3) is 5.91 Å². The molecule has 0 aliphatic heterocycles. The highest BCUT2D eigenvalue weighted by atomic mass is 16.2. The van der Waals surface area contributed by atoms with Gasteiger partial charge in [0.2, 0.25) is 0 Å². The van der Waals surface area contributed by atoms with E-state index in [1.54, 1.807) is 4.90 Å². The van der Waals surface area contributed by atoms with Crippen molar-refractivity contribution in [3.63, 3.8) is 0 Å². The lowest BCUT2D eigenvalue weighted by atomic mass is 10.0. The molecule has 0 unspecified atom stereocenters. The predicted octanol–water partition coefficient (Wildman–Crippen LogP) is 3.81. The molecule has 0 atom stereocenters. The summed E-state index contributed by atoms with van der Waals surface area (Å²) in [5.74, 6) is 0.749. The average Bonchev–Trinajstić information content (AvgIpc) is 3.14. The summed E-state index contributed by atoms with van der Waals surface area (Å²) in [6.45, 7) is 9.43. The molecular formula is C22H27N5O. The van der Waals surface area contributed by atoms with Crippen LogP contribution < -0.4 is 0 Å². The lowest BCUT2D eigenvalue weighted by Crippen LogP contribution is -2.26. The first kappa shape index (κ1) is 19.7. The second kappa shape index (κ2) is 8.33. The Morgan fingerprint density at radius 2 is 1.82 bits per heavy atom. The Balaban J connectivity index is 1.79. The van der Waals surface area contributed by atoms with Crippen molar-refractivity contribution in [2.45, 2.75) is 47.2 Å². The van der Waals surface area contributed by atoms with E-state index in [0.717, 1.165) is 46.9 Å². The van der Waals surface area contributed by atoms with E-state index in [-0.39, 0.29) is 5.91 Å². The van der Waals surface area contributed by atoms with Gasteiger partial charge in [-0.2, -0.15) is 5.10 Å². The van der Waals surface area contributed by atoms with Gasteiger partial charge in [-0.3, -0.25) is 9.48 Å². The van der Waals surface area contributed by atoms with Crippen molar-refractivity contribution in [2.24, 2.45) is 0 Å². The van der Waals surface area contributed by atoms with Crippen molar-refractivity contribution in [2.75, 3.05) is 7.05 Å². The quantitative estimate of drug-likeness (QED) is 0.655. The fourth-order valence-electron chi connectivity index (χ4n) is 3.40. The molecule has 1 amide bonds. The molecule has 6 nitrogen and oxygen atoms in total. The van der Waals surface area contributed by atoms with Crippen LogP contribution in [0.3, 0.4) is 0 Å². The zero-order valence-electron chi connectivity index (χ0n) is 17.2. The van der Waals surface area contributed by atoms with E-state index < -0.39 is 0 Å². The summed E-state index contributed by atoms with van der Waals surface area (Å²) in [5.41, 5.74) is 5.80. The van der Waals surface area contributed by atoms with Crippen LogP contribution in [-0.2, 0) is 19.5 Å². The van der Waals surface area contributed by atoms with Crippen LogP contribution in [0.2, 0.25) is 0 Å². The first-order valence-corrected chi connectivity index (χ1v) is 9.64. The van der Waals surface area contributed by atoms with E-state index in [0.29, 0.717) is 12.1 Å². The van der Waals surface area contributed by atoms with E-state index in [1.807, 2.05) is 69.2 Å². The number of hydrogen-bond acceptors (Lipinski definition) is 4. The third kappa shape index (κ3) is 4.11. The Hall–Kier alpha value is -3.02. The number of amides is 1. The van der Waals surface area contributed by atoms with E-state index in [2.05, 4.69) is 22.0 Å². The summed E-state index contributed by atoms with van der Waals surface area (Å²) in [6.07, 6.45) is 4.65. The molecule has 0 aliphatic rings. The molecule has 0 spiro atoms. The van der Waals surface area contributed by atoms with Gasteiger partial charge >= 0.3 is 0 Å². The van der Waals surface area contributed by atoms with Crippen LogP contribution in [0.25, 0.3) is 11.3 Å². The van der Waals surface area contributed by atoms with Crippen molar-refractivity contribution >= 4 is 5.91 Å². The summed E-state index contributed by atoms with van der Waals surface area (Å²) >= 11 is 0. The van der Waals surface area contributed by atoms with Crippen LogP contribution in [0.15, 0.2) is 36.7 Å². The van der Waals surface area contributed by atoms with Crippen molar-refractivity contribution in [3.05, 3.63) is 64.9 Å². The van der Waals surface area contributed by atoms with Gasteiger partial charge in [0, 0.05) is 48.7 Å². The van der Waals surface area contributed by atoms with Gasteiger partial charge in [-0.15, -0.1) is 0 Å². The van der Waals surface area contributed by atoms with Gasteiger partial charge in [0.1, 0.15) is 5.82 Å². The van der Waals surface area contributed by atoms with Gasteiger partial charge in [0.15, 0.2) is 0 Å². The molecular weight excluding hydrogens is 350 g/mol. The van der Waals surface area contributed by atoms with Gasteiger partial charge in [-0.05, 0) is 44.9 Å². The number of hydrogen-bond donors (Lipinski definition) is 0. The molecule has 2 aromatic heterocycles. The Morgan fingerprint density at radius 1 is 1.11 bits per heavy atom. The third-order valence-corrected chi connectivity index (χ3v) is 4.86. The normalized spacial score (nSPS) is 10.9. The second-order valence-corrected chi connectivity index (χ2v) is 6.98. The molecule has 3 aromatic rings. The lowest BCUT2D eigenvalue weighted by Gasteiger charge is -2.17. The van der Waals surface area contributed by atoms with Crippen molar-refractivity contribution < 1.29 is 4.79 Å². The minimum atomic E-state index is -0.0124. The molecule has 0 bridgehead atoms. The molecule has 0 saturated carbocycles. The number of rotatable bonds is 6. The van der Waals surface area contributed by atoms with E-state index in [1.165, 1.54) is 0 Å². The standard InChI is InChI=1S/C22H27N5O/c1-6-20-15(3)24-16(4)25-21(20)18-8-10-19(11-9-18)22(28)26(5)13-17-12-23-27(7-2)14-17/h8-12,14H,6-7,13H2,1-5H3. The minimum absolute atomic E-state index is 0.0124. The summed E-state index contributed by atoms with van der Waals surface area (Å²) in [4.78, 5) is 23.6. The Morgan fingerprint density at radius 3 is 2.43 bits per heavy atom. The van der Waals surface area contributed by atoms with Gasteiger partial charge < -0.3 is 4.90 Å². The summed E-state index contributed by atoms with van der Waals surface area (Å²) in [6, 6.07) is 7.68. The molecule has 28 heavy (non-hydrogen) atoms. The molecule has 0 N–H and O–H groups in total. The number of nitrogens with zero attached hydrogens (tertiary/aromatic N) is 5. The molecule has 6 heteroatoms. The van der Waals surface area contributed by atoms with Crippen LogP contribution in [-0.4, -0.2) is 37.6 Å². The van der Waals surface area contributed by atoms with Crippen molar-refractivity contribution in [3.8, 4) is 11.3 Å². The SMILES string of the molecule is CCc1c(C)nc(C)nc1-c1ccc(C(=O)N(C)Cc2cnn(CC)c2)cc1. The number of carbonyl (C=O) groups is 1. The summed E-state index contributed by atoms with van der Waals surface area (Å²) in [5, 5.41) is 4.26. The van der Waals surface area contributed by atoms with Gasteiger partial charge in [-0.25, -0.2) is 9.97 Å². The van der Waals surface area contributed by atoms with Gasteiger partial charge in [-0.1, -0.05) is 19.1 Å². The Bertz CT molecular complexity index is 975. The molecule has 3 rings (SSSR count). The summed E-state index contributed by atoms with van der Waals surface area (Å²) in [7, 11) is 1.81. The van der Waals surface area contributed by atoms with Gasteiger partial charge in [0.05, 0.1) is 11.9 Å². The lowest BCUT2D eigenvalue weighted by molar-refractivity contribution is 0.0785. The molecule has 0 radical (unpaired) electrons. The number of carbonyl (C=O) groups excluding carboxylic acids is 1. The minimum Gasteiger partial charge on any atom is -0.337 e. The van der Waals surface area contributed by atoms with Crippen LogP contribution >= 0.6 is 0 Å². The topological polar surface area (TPSA) is 63.9 Å². The van der Waals surface area contributed by atoms with Crippen molar-refractivity contribution in [1.29, 1.82) is 0 Å². The molecule has 0 aliphatic carbocycles. The maximum absolute atomic E-state index is 12.8. The highest BCUT2D eigenvalue weighted by molar-refractivity contribution is 5.94. The largest absolute Gasteiger partial charge is 0.337 e. The fourth-order valence-corrected chi connectivity index (χ4v) is 3.40. The van der Waals surface area contributed by atoms with E-state index >= 15 is 0 Å². The fraction of sp³-hybridized carbons (Fsp3) is 0.364. The first-order chi connectivity index (χ1) is 13.4. The zero-order valence-corrected chi connectivity index (χ0v) is 17.2. The van der Waals surface area contributed by atoms with E-state index in [4.69, 9.17) is 0 Å². The molecule has 1 aromatic carbocycles. The first-order valence-electron chi connectivity index (χ1n) is 9.64. The van der Waals surface area contributed by atoms with Crippen LogP contribution in [0, 0.1) is 13.8 Å². The zero-order chi connectivity index (χ0) is 20.3. The van der Waals surface area contributed by atoms with Crippen LogP contribution in [0.1, 0.15) is 46.9 Å². The highest BCUT2D eigenvalue weighted by Gasteiger charge is 2.15. The number of aromatic nitrogens is 4. The third-order valence-electron chi connectivity index (χ3n) is 4.86. The number of aryl methyl sites for hydroxylation is 3.